The van der Waals surface area contributed by atoms with Gasteiger partial charge in [0.1, 0.15) is 5.82 Å². The fourth-order valence-corrected chi connectivity index (χ4v) is 3.24. The summed E-state index contributed by atoms with van der Waals surface area (Å²) in [5, 5.41) is 2.99. The van der Waals surface area contributed by atoms with Gasteiger partial charge in [-0.05, 0) is 30.7 Å². The van der Waals surface area contributed by atoms with Gasteiger partial charge in [0.25, 0.3) is 5.91 Å². The third kappa shape index (κ3) is 3.04. The van der Waals surface area contributed by atoms with Crippen molar-refractivity contribution in [2.24, 2.45) is 0 Å². The van der Waals surface area contributed by atoms with Crippen LogP contribution in [0.3, 0.4) is 0 Å². The van der Waals surface area contributed by atoms with Crippen molar-refractivity contribution in [3.05, 3.63) is 48.0 Å². The van der Waals surface area contributed by atoms with Gasteiger partial charge in [0.05, 0.1) is 4.90 Å². The van der Waals surface area contributed by atoms with Crippen molar-refractivity contribution in [1.29, 1.82) is 0 Å². The molecule has 0 saturated heterocycles. The van der Waals surface area contributed by atoms with Crippen molar-refractivity contribution in [1.82, 2.24) is 14.9 Å². The molecule has 0 bridgehead atoms. The van der Waals surface area contributed by atoms with Gasteiger partial charge in [0.2, 0.25) is 0 Å². The van der Waals surface area contributed by atoms with Crippen LogP contribution in [0.2, 0.25) is 0 Å². The smallest absolute Gasteiger partial charge is 0.251 e. The highest BCUT2D eigenvalue weighted by atomic mass is 32.2. The number of rotatable bonds is 3. The van der Waals surface area contributed by atoms with Crippen molar-refractivity contribution in [2.45, 2.75) is 30.3 Å². The van der Waals surface area contributed by atoms with E-state index in [4.69, 9.17) is 0 Å². The van der Waals surface area contributed by atoms with Crippen LogP contribution in [0.5, 0.6) is 0 Å². The zero-order chi connectivity index (χ0) is 15.7. The van der Waals surface area contributed by atoms with Gasteiger partial charge in [-0.1, -0.05) is 0 Å². The second-order valence-electron chi connectivity index (χ2n) is 5.50. The summed E-state index contributed by atoms with van der Waals surface area (Å²) in [6.07, 6.45) is 6.51. The minimum absolute atomic E-state index is 0.0591. The molecule has 1 aromatic carbocycles. The SMILES string of the molecule is CS(=O)(=O)c1ccc(C(=O)NC2CCc3nccn3C2)cc1. The Morgan fingerprint density at radius 1 is 1.32 bits per heavy atom. The second kappa shape index (κ2) is 5.57. The number of carbonyl (C=O) groups excluding carboxylic acids is 1. The molecule has 0 fully saturated rings. The normalized spacial score (nSPS) is 17.8. The van der Waals surface area contributed by atoms with Gasteiger partial charge in [-0.2, -0.15) is 0 Å². The largest absolute Gasteiger partial charge is 0.347 e. The van der Waals surface area contributed by atoms with E-state index in [1.807, 2.05) is 10.8 Å². The van der Waals surface area contributed by atoms with Crippen molar-refractivity contribution in [2.75, 3.05) is 6.26 Å². The molecule has 22 heavy (non-hydrogen) atoms. The Kier molecular flexibility index (Phi) is 3.74. The van der Waals surface area contributed by atoms with Crippen LogP contribution in [0.1, 0.15) is 22.6 Å². The fourth-order valence-electron chi connectivity index (χ4n) is 2.61. The molecule has 116 valence electrons. The number of hydrogen-bond acceptors (Lipinski definition) is 4. The Balaban J connectivity index is 1.68. The van der Waals surface area contributed by atoms with E-state index in [1.165, 1.54) is 24.3 Å². The third-order valence-corrected chi connectivity index (χ3v) is 4.94. The zero-order valence-corrected chi connectivity index (χ0v) is 13.0. The number of sulfone groups is 1. The predicted molar refractivity (Wildman–Crippen MR) is 81.4 cm³/mol. The molecule has 0 spiro atoms. The highest BCUT2D eigenvalue weighted by Crippen LogP contribution is 2.14. The number of fused-ring (bicyclic) bond motifs is 1. The van der Waals surface area contributed by atoms with Crippen LogP contribution in [0, 0.1) is 0 Å². The molecule has 1 atom stereocenters. The molecule has 0 saturated carbocycles. The number of nitrogens with one attached hydrogen (secondary N) is 1. The van der Waals surface area contributed by atoms with E-state index < -0.39 is 9.84 Å². The summed E-state index contributed by atoms with van der Waals surface area (Å²) in [5.41, 5.74) is 0.462. The Morgan fingerprint density at radius 2 is 2.05 bits per heavy atom. The zero-order valence-electron chi connectivity index (χ0n) is 12.2. The highest BCUT2D eigenvalue weighted by molar-refractivity contribution is 7.90. The standard InChI is InChI=1S/C15H17N3O3S/c1-22(20,21)13-5-2-11(3-6-13)15(19)17-12-4-7-14-16-8-9-18(14)10-12/h2-3,5-6,8-9,12H,4,7,10H2,1H3,(H,17,19). The van der Waals surface area contributed by atoms with E-state index in [9.17, 15) is 13.2 Å². The van der Waals surface area contributed by atoms with Crippen LogP contribution in [0.25, 0.3) is 0 Å². The average Bonchev–Trinajstić information content (AvgIpc) is 2.94. The molecule has 2 heterocycles. The van der Waals surface area contributed by atoms with E-state index in [-0.39, 0.29) is 16.8 Å². The van der Waals surface area contributed by atoms with Gasteiger partial charge >= 0.3 is 0 Å². The monoisotopic (exact) mass is 319 g/mol. The number of carbonyl (C=O) groups is 1. The third-order valence-electron chi connectivity index (χ3n) is 3.82. The molecule has 1 aromatic heterocycles. The minimum atomic E-state index is -3.24. The number of aromatic nitrogens is 2. The maximum atomic E-state index is 12.2. The van der Waals surface area contributed by atoms with Crippen LogP contribution in [0.4, 0.5) is 0 Å². The molecule has 6 nitrogen and oxygen atoms in total. The first kappa shape index (κ1) is 14.8. The lowest BCUT2D eigenvalue weighted by atomic mass is 10.1. The van der Waals surface area contributed by atoms with Gasteiger partial charge < -0.3 is 9.88 Å². The topological polar surface area (TPSA) is 81.1 Å². The molecular formula is C15H17N3O3S. The molecular weight excluding hydrogens is 302 g/mol. The molecule has 2 aromatic rings. The summed E-state index contributed by atoms with van der Waals surface area (Å²) in [4.78, 5) is 16.7. The fraction of sp³-hybridized carbons (Fsp3) is 0.333. The molecule has 1 unspecified atom stereocenters. The summed E-state index contributed by atoms with van der Waals surface area (Å²) < 4.78 is 24.9. The number of amides is 1. The highest BCUT2D eigenvalue weighted by Gasteiger charge is 2.21. The van der Waals surface area contributed by atoms with Crippen molar-refractivity contribution < 1.29 is 13.2 Å². The quantitative estimate of drug-likeness (QED) is 0.916. The van der Waals surface area contributed by atoms with Crippen molar-refractivity contribution >= 4 is 15.7 Å². The van der Waals surface area contributed by atoms with Crippen LogP contribution in [-0.2, 0) is 22.8 Å². The van der Waals surface area contributed by atoms with Crippen LogP contribution in [-0.4, -0.2) is 36.2 Å². The number of aryl methyl sites for hydroxylation is 1. The van der Waals surface area contributed by atoms with Crippen molar-refractivity contribution in [3.63, 3.8) is 0 Å². The lowest BCUT2D eigenvalue weighted by Crippen LogP contribution is -2.40. The molecule has 3 rings (SSSR count). The first-order valence-corrected chi connectivity index (χ1v) is 8.93. The van der Waals surface area contributed by atoms with Gasteiger partial charge in [-0.15, -0.1) is 0 Å². The lowest BCUT2D eigenvalue weighted by molar-refractivity contribution is 0.0927. The molecule has 7 heteroatoms. The van der Waals surface area contributed by atoms with Crippen LogP contribution >= 0.6 is 0 Å². The summed E-state index contributed by atoms with van der Waals surface area (Å²) in [7, 11) is -3.24. The van der Waals surface area contributed by atoms with E-state index in [0.29, 0.717) is 12.1 Å². The second-order valence-corrected chi connectivity index (χ2v) is 7.52. The number of benzene rings is 1. The summed E-state index contributed by atoms with van der Waals surface area (Å²) >= 11 is 0. The summed E-state index contributed by atoms with van der Waals surface area (Å²) in [6.45, 7) is 0.711. The first-order chi connectivity index (χ1) is 10.4. The predicted octanol–water partition coefficient (Wildman–Crippen LogP) is 1.03. The van der Waals surface area contributed by atoms with E-state index >= 15 is 0 Å². The van der Waals surface area contributed by atoms with Gasteiger partial charge in [0, 0.05) is 43.2 Å². The Bertz CT molecular complexity index is 794. The van der Waals surface area contributed by atoms with Crippen LogP contribution in [0.15, 0.2) is 41.6 Å². The van der Waals surface area contributed by atoms with E-state index in [0.717, 1.165) is 24.9 Å². The molecule has 1 aliphatic rings. The average molecular weight is 319 g/mol. The molecule has 1 aliphatic heterocycles. The maximum Gasteiger partial charge on any atom is 0.251 e. The first-order valence-electron chi connectivity index (χ1n) is 7.04. The number of nitrogens with zero attached hydrogens (tertiary/aromatic N) is 2. The summed E-state index contributed by atoms with van der Waals surface area (Å²) in [5.74, 6) is 0.858. The minimum Gasteiger partial charge on any atom is -0.347 e. The van der Waals surface area contributed by atoms with Gasteiger partial charge in [-0.25, -0.2) is 13.4 Å². The Morgan fingerprint density at radius 3 is 2.73 bits per heavy atom. The maximum absolute atomic E-state index is 12.2. The van der Waals surface area contributed by atoms with Gasteiger partial charge in [0.15, 0.2) is 9.84 Å². The van der Waals surface area contributed by atoms with Crippen molar-refractivity contribution in [3.8, 4) is 0 Å². The van der Waals surface area contributed by atoms with Gasteiger partial charge in [-0.3, -0.25) is 4.79 Å². The van der Waals surface area contributed by atoms with E-state index in [2.05, 4.69) is 10.3 Å². The molecule has 0 aliphatic carbocycles. The Labute approximate surface area is 129 Å². The summed E-state index contributed by atoms with van der Waals surface area (Å²) in [6, 6.07) is 6.05. The number of hydrogen-bond donors (Lipinski definition) is 1. The lowest BCUT2D eigenvalue weighted by Gasteiger charge is -2.24. The molecule has 1 N–H and O–H groups in total. The van der Waals surface area contributed by atoms with E-state index in [1.54, 1.807) is 6.20 Å². The Hall–Kier alpha value is -2.15. The molecule has 1 amide bonds. The number of imidazole rings is 1. The molecule has 0 radical (unpaired) electrons. The van der Waals surface area contributed by atoms with Crippen LogP contribution < -0.4 is 5.32 Å².